The third-order valence-electron chi connectivity index (χ3n) is 1.50. The van der Waals surface area contributed by atoms with Gasteiger partial charge in [0.1, 0.15) is 5.82 Å². The van der Waals surface area contributed by atoms with Crippen LogP contribution in [0.25, 0.3) is 0 Å². The van der Waals surface area contributed by atoms with Crippen LogP contribution in [-0.2, 0) is 0 Å². The molecule has 64 valence electrons. The fraction of sp³-hybridized carbons (Fsp3) is 0.333. The van der Waals surface area contributed by atoms with Gasteiger partial charge in [-0.1, -0.05) is 6.92 Å². The van der Waals surface area contributed by atoms with Gasteiger partial charge in [0.15, 0.2) is 5.78 Å². The van der Waals surface area contributed by atoms with E-state index < -0.39 is 5.82 Å². The van der Waals surface area contributed by atoms with E-state index in [1.165, 1.54) is 12.3 Å². The van der Waals surface area contributed by atoms with Gasteiger partial charge in [0.05, 0.1) is 6.20 Å². The Morgan fingerprint density at radius 2 is 2.33 bits per heavy atom. The smallest absolute Gasteiger partial charge is 0.164 e. The highest BCUT2D eigenvalue weighted by atomic mass is 19.1. The van der Waals surface area contributed by atoms with E-state index in [1.54, 1.807) is 0 Å². The maximum atomic E-state index is 12.6. The van der Waals surface area contributed by atoms with Crippen molar-refractivity contribution in [3.8, 4) is 0 Å². The van der Waals surface area contributed by atoms with Crippen LogP contribution in [0.2, 0.25) is 0 Å². The molecule has 0 fully saturated rings. The topological polar surface area (TPSA) is 30.0 Å². The first-order valence-corrected chi connectivity index (χ1v) is 3.87. The maximum Gasteiger partial charge on any atom is 0.164 e. The van der Waals surface area contributed by atoms with Gasteiger partial charge in [-0.3, -0.25) is 9.78 Å². The summed E-state index contributed by atoms with van der Waals surface area (Å²) in [6, 6.07) is 1.21. The molecule has 0 saturated carbocycles. The average molecular weight is 167 g/mol. The van der Waals surface area contributed by atoms with Crippen LogP contribution in [0, 0.1) is 5.82 Å². The molecule has 2 nitrogen and oxygen atoms in total. The lowest BCUT2D eigenvalue weighted by molar-refractivity contribution is 0.0981. The first kappa shape index (κ1) is 8.84. The minimum Gasteiger partial charge on any atom is -0.294 e. The normalized spacial score (nSPS) is 9.83. The summed E-state index contributed by atoms with van der Waals surface area (Å²) in [5.74, 6) is -0.513. The third-order valence-corrected chi connectivity index (χ3v) is 1.50. The molecule has 0 saturated heterocycles. The molecule has 0 atom stereocenters. The van der Waals surface area contributed by atoms with E-state index in [4.69, 9.17) is 0 Å². The van der Waals surface area contributed by atoms with E-state index in [0.717, 1.165) is 12.6 Å². The fourth-order valence-electron chi connectivity index (χ4n) is 0.936. The van der Waals surface area contributed by atoms with Gasteiger partial charge in [-0.25, -0.2) is 4.39 Å². The Hall–Kier alpha value is -1.25. The zero-order valence-electron chi connectivity index (χ0n) is 6.88. The van der Waals surface area contributed by atoms with Crippen molar-refractivity contribution in [2.45, 2.75) is 19.8 Å². The summed E-state index contributed by atoms with van der Waals surface area (Å²) in [5.41, 5.74) is 0.358. The quantitative estimate of drug-likeness (QED) is 0.646. The van der Waals surface area contributed by atoms with Gasteiger partial charge in [0.2, 0.25) is 0 Å². The molecule has 3 heteroatoms. The lowest BCUT2D eigenvalue weighted by Crippen LogP contribution is -1.99. The molecule has 0 spiro atoms. The number of rotatable bonds is 3. The van der Waals surface area contributed by atoms with Crippen molar-refractivity contribution < 1.29 is 9.18 Å². The number of aromatic nitrogens is 1. The Kier molecular flexibility index (Phi) is 2.91. The molecule has 0 aliphatic heterocycles. The summed E-state index contributed by atoms with van der Waals surface area (Å²) in [6.07, 6.45) is 3.70. The molecule has 1 aromatic heterocycles. The van der Waals surface area contributed by atoms with E-state index >= 15 is 0 Å². The molecule has 0 unspecified atom stereocenters. The number of nitrogens with zero attached hydrogens (tertiary/aromatic N) is 1. The van der Waals surface area contributed by atoms with Crippen LogP contribution in [0.1, 0.15) is 30.1 Å². The van der Waals surface area contributed by atoms with E-state index in [2.05, 4.69) is 4.98 Å². The van der Waals surface area contributed by atoms with Gasteiger partial charge in [-0.15, -0.1) is 0 Å². The van der Waals surface area contributed by atoms with Crippen molar-refractivity contribution in [3.63, 3.8) is 0 Å². The number of pyridine rings is 1. The van der Waals surface area contributed by atoms with Crippen molar-refractivity contribution in [1.82, 2.24) is 4.98 Å². The van der Waals surface area contributed by atoms with E-state index in [9.17, 15) is 9.18 Å². The van der Waals surface area contributed by atoms with Crippen LogP contribution in [0.5, 0.6) is 0 Å². The molecular weight excluding hydrogens is 157 g/mol. The number of carbonyl (C=O) groups is 1. The Morgan fingerprint density at radius 3 is 2.92 bits per heavy atom. The summed E-state index contributed by atoms with van der Waals surface area (Å²) in [6.45, 7) is 1.91. The Bertz CT molecular complexity index is 286. The summed E-state index contributed by atoms with van der Waals surface area (Å²) in [7, 11) is 0. The van der Waals surface area contributed by atoms with Crippen molar-refractivity contribution in [3.05, 3.63) is 29.8 Å². The molecule has 0 N–H and O–H groups in total. The maximum absolute atomic E-state index is 12.6. The van der Waals surface area contributed by atoms with Crippen LogP contribution >= 0.6 is 0 Å². The molecule has 0 aromatic carbocycles. The van der Waals surface area contributed by atoms with Gasteiger partial charge < -0.3 is 0 Å². The van der Waals surface area contributed by atoms with Crippen LogP contribution in [-0.4, -0.2) is 10.8 Å². The molecule has 1 heterocycles. The number of carbonyl (C=O) groups excluding carboxylic acids is 1. The average Bonchev–Trinajstić information content (AvgIpc) is 2.05. The summed E-state index contributed by atoms with van der Waals surface area (Å²) in [4.78, 5) is 14.8. The third kappa shape index (κ3) is 2.12. The predicted molar refractivity (Wildman–Crippen MR) is 43.4 cm³/mol. The number of ketones is 1. The van der Waals surface area contributed by atoms with E-state index in [0.29, 0.717) is 12.0 Å². The summed E-state index contributed by atoms with van der Waals surface area (Å²) < 4.78 is 12.6. The lowest BCUT2D eigenvalue weighted by Gasteiger charge is -1.96. The minimum atomic E-state index is -0.461. The highest BCUT2D eigenvalue weighted by Crippen LogP contribution is 2.05. The van der Waals surface area contributed by atoms with Crippen molar-refractivity contribution in [2.75, 3.05) is 0 Å². The monoisotopic (exact) mass is 167 g/mol. The van der Waals surface area contributed by atoms with Crippen molar-refractivity contribution in [1.29, 1.82) is 0 Å². The molecule has 1 rings (SSSR count). The number of hydrogen-bond acceptors (Lipinski definition) is 2. The van der Waals surface area contributed by atoms with Gasteiger partial charge in [-0.2, -0.15) is 0 Å². The second-order valence-electron chi connectivity index (χ2n) is 2.57. The Balaban J connectivity index is 2.81. The lowest BCUT2D eigenvalue weighted by atomic mass is 10.1. The Labute approximate surface area is 70.4 Å². The molecular formula is C9H10FNO. The van der Waals surface area contributed by atoms with Crippen molar-refractivity contribution >= 4 is 5.78 Å². The fourth-order valence-corrected chi connectivity index (χ4v) is 0.936. The highest BCUT2D eigenvalue weighted by Gasteiger charge is 2.04. The van der Waals surface area contributed by atoms with Crippen LogP contribution in [0.3, 0.4) is 0 Å². The zero-order valence-corrected chi connectivity index (χ0v) is 6.88. The van der Waals surface area contributed by atoms with Gasteiger partial charge in [-0.05, 0) is 12.5 Å². The van der Waals surface area contributed by atoms with Crippen molar-refractivity contribution in [2.24, 2.45) is 0 Å². The zero-order chi connectivity index (χ0) is 8.97. The first-order chi connectivity index (χ1) is 5.74. The second kappa shape index (κ2) is 3.95. The van der Waals surface area contributed by atoms with E-state index in [1.807, 2.05) is 6.92 Å². The minimum absolute atomic E-state index is 0.0514. The van der Waals surface area contributed by atoms with Gasteiger partial charge in [0.25, 0.3) is 0 Å². The SMILES string of the molecule is CCCC(=O)c1cncc(F)c1. The van der Waals surface area contributed by atoms with Gasteiger partial charge in [0, 0.05) is 18.2 Å². The highest BCUT2D eigenvalue weighted by molar-refractivity contribution is 5.95. The molecule has 12 heavy (non-hydrogen) atoms. The molecule has 1 aromatic rings. The first-order valence-electron chi connectivity index (χ1n) is 3.87. The second-order valence-corrected chi connectivity index (χ2v) is 2.57. The van der Waals surface area contributed by atoms with Crippen LogP contribution in [0.15, 0.2) is 18.5 Å². The van der Waals surface area contributed by atoms with Crippen LogP contribution < -0.4 is 0 Å². The largest absolute Gasteiger partial charge is 0.294 e. The number of hydrogen-bond donors (Lipinski definition) is 0. The predicted octanol–water partition coefficient (Wildman–Crippen LogP) is 2.20. The Morgan fingerprint density at radius 1 is 1.58 bits per heavy atom. The van der Waals surface area contributed by atoms with Crippen LogP contribution in [0.4, 0.5) is 4.39 Å². The standard InChI is InChI=1S/C9H10FNO/c1-2-3-9(12)7-4-8(10)6-11-5-7/h4-6H,2-3H2,1H3. The molecule has 0 aliphatic rings. The number of halogens is 1. The molecule has 0 radical (unpaired) electrons. The summed E-state index contributed by atoms with van der Waals surface area (Å²) in [5, 5.41) is 0. The molecule has 0 amide bonds. The molecule has 0 aliphatic carbocycles. The molecule has 0 bridgehead atoms. The number of Topliss-reactive ketones (excluding diaryl/α,β-unsaturated/α-hetero) is 1. The van der Waals surface area contributed by atoms with E-state index in [-0.39, 0.29) is 5.78 Å². The van der Waals surface area contributed by atoms with Gasteiger partial charge >= 0.3 is 0 Å². The summed E-state index contributed by atoms with van der Waals surface area (Å²) >= 11 is 0.